The van der Waals surface area contributed by atoms with Gasteiger partial charge in [-0.1, -0.05) is 13.3 Å². The van der Waals surface area contributed by atoms with Gasteiger partial charge in [-0.2, -0.15) is 0 Å². The van der Waals surface area contributed by atoms with E-state index in [0.717, 1.165) is 30.6 Å². The first-order valence-electron chi connectivity index (χ1n) is 6.36. The quantitative estimate of drug-likeness (QED) is 0.820. The Bertz CT molecular complexity index is 591. The Labute approximate surface area is 106 Å². The summed E-state index contributed by atoms with van der Waals surface area (Å²) in [4.78, 5) is 20.2. The summed E-state index contributed by atoms with van der Waals surface area (Å²) in [7, 11) is 0. The fraction of sp³-hybridized carbons (Fsp3) is 0.462. The van der Waals surface area contributed by atoms with Gasteiger partial charge in [0.15, 0.2) is 0 Å². The normalized spacial score (nSPS) is 10.8. The molecular formula is C13H18N4O. The highest BCUT2D eigenvalue weighted by Crippen LogP contribution is 2.17. The number of nitrogens with one attached hydrogen (secondary N) is 1. The Morgan fingerprint density at radius 1 is 1.28 bits per heavy atom. The van der Waals surface area contributed by atoms with Gasteiger partial charge in [0.05, 0.1) is 5.39 Å². The van der Waals surface area contributed by atoms with Crippen LogP contribution in [-0.2, 0) is 6.54 Å². The number of aromatic nitrogens is 3. The van der Waals surface area contributed by atoms with Gasteiger partial charge in [-0.25, -0.2) is 9.97 Å². The zero-order chi connectivity index (χ0) is 13.0. The van der Waals surface area contributed by atoms with Gasteiger partial charge in [-0.05, 0) is 19.4 Å². The molecule has 96 valence electrons. The standard InChI is InChI=1S/C13H18N4O/c1-3-5-8-14-12-10-6-7-11(18)17(4-2)13(10)16-9-15-12/h6-7,9H,3-5,8H2,1-2H3,(H,14,15,16). The first kappa shape index (κ1) is 12.5. The molecule has 0 saturated carbocycles. The molecule has 1 N–H and O–H groups in total. The molecule has 2 aromatic rings. The zero-order valence-corrected chi connectivity index (χ0v) is 10.8. The highest BCUT2D eigenvalue weighted by molar-refractivity contribution is 5.86. The summed E-state index contributed by atoms with van der Waals surface area (Å²) in [5, 5.41) is 4.19. The Hall–Kier alpha value is -1.91. The van der Waals surface area contributed by atoms with Crippen LogP contribution in [0.4, 0.5) is 5.82 Å². The highest BCUT2D eigenvalue weighted by atomic mass is 16.1. The summed E-state index contributed by atoms with van der Waals surface area (Å²) in [6.07, 6.45) is 3.73. The summed E-state index contributed by atoms with van der Waals surface area (Å²) in [5.41, 5.74) is 0.669. The molecule has 2 heterocycles. The lowest BCUT2D eigenvalue weighted by Crippen LogP contribution is -2.19. The summed E-state index contributed by atoms with van der Waals surface area (Å²) in [5.74, 6) is 0.802. The third-order valence-corrected chi connectivity index (χ3v) is 2.92. The van der Waals surface area contributed by atoms with Gasteiger partial charge in [0.25, 0.3) is 5.56 Å². The number of fused-ring (bicyclic) bond motifs is 1. The molecule has 2 aromatic heterocycles. The van der Waals surface area contributed by atoms with Crippen LogP contribution in [-0.4, -0.2) is 21.1 Å². The Balaban J connectivity index is 2.47. The molecule has 0 amide bonds. The molecule has 0 aliphatic carbocycles. The smallest absolute Gasteiger partial charge is 0.252 e. The van der Waals surface area contributed by atoms with Gasteiger partial charge < -0.3 is 5.32 Å². The van der Waals surface area contributed by atoms with E-state index in [2.05, 4.69) is 22.2 Å². The first-order chi connectivity index (χ1) is 8.77. The van der Waals surface area contributed by atoms with E-state index in [1.54, 1.807) is 16.7 Å². The van der Waals surface area contributed by atoms with E-state index in [0.29, 0.717) is 12.2 Å². The predicted molar refractivity (Wildman–Crippen MR) is 72.9 cm³/mol. The van der Waals surface area contributed by atoms with Gasteiger partial charge in [0, 0.05) is 19.2 Å². The molecule has 0 aliphatic heterocycles. The zero-order valence-electron chi connectivity index (χ0n) is 10.8. The minimum Gasteiger partial charge on any atom is -0.369 e. The number of unbranched alkanes of at least 4 members (excludes halogenated alkanes) is 1. The molecule has 2 rings (SSSR count). The van der Waals surface area contributed by atoms with Gasteiger partial charge in [-0.15, -0.1) is 0 Å². The topological polar surface area (TPSA) is 59.8 Å². The van der Waals surface area contributed by atoms with Gasteiger partial charge >= 0.3 is 0 Å². The maximum Gasteiger partial charge on any atom is 0.252 e. The molecule has 0 fully saturated rings. The van der Waals surface area contributed by atoms with E-state index in [9.17, 15) is 4.79 Å². The molecule has 18 heavy (non-hydrogen) atoms. The molecule has 0 atom stereocenters. The Morgan fingerprint density at radius 3 is 2.83 bits per heavy atom. The van der Waals surface area contributed by atoms with Crippen molar-refractivity contribution in [2.45, 2.75) is 33.2 Å². The lowest BCUT2D eigenvalue weighted by Gasteiger charge is -2.10. The van der Waals surface area contributed by atoms with Crippen LogP contribution in [0.3, 0.4) is 0 Å². The van der Waals surface area contributed by atoms with E-state index in [4.69, 9.17) is 0 Å². The van der Waals surface area contributed by atoms with E-state index in [1.807, 2.05) is 6.92 Å². The fourth-order valence-corrected chi connectivity index (χ4v) is 1.93. The summed E-state index contributed by atoms with van der Waals surface area (Å²) >= 11 is 0. The third kappa shape index (κ3) is 2.34. The van der Waals surface area contributed by atoms with Crippen molar-refractivity contribution < 1.29 is 0 Å². The number of hydrogen-bond acceptors (Lipinski definition) is 4. The molecule has 0 bridgehead atoms. The van der Waals surface area contributed by atoms with Crippen molar-refractivity contribution in [2.75, 3.05) is 11.9 Å². The van der Waals surface area contributed by atoms with Crippen LogP contribution >= 0.6 is 0 Å². The van der Waals surface area contributed by atoms with Crippen molar-refractivity contribution in [3.8, 4) is 0 Å². The summed E-state index contributed by atoms with van der Waals surface area (Å²) in [6, 6.07) is 3.36. The van der Waals surface area contributed by atoms with E-state index in [1.165, 1.54) is 6.33 Å². The highest BCUT2D eigenvalue weighted by Gasteiger charge is 2.07. The number of nitrogens with zero attached hydrogens (tertiary/aromatic N) is 3. The number of rotatable bonds is 5. The summed E-state index contributed by atoms with van der Waals surface area (Å²) < 4.78 is 1.65. The van der Waals surface area contributed by atoms with Crippen molar-refractivity contribution in [2.24, 2.45) is 0 Å². The van der Waals surface area contributed by atoms with Gasteiger partial charge in [-0.3, -0.25) is 9.36 Å². The maximum absolute atomic E-state index is 11.7. The number of anilines is 1. The number of hydrogen-bond donors (Lipinski definition) is 1. The van der Waals surface area contributed by atoms with Crippen LogP contribution in [0.2, 0.25) is 0 Å². The SMILES string of the molecule is CCCCNc1ncnc2c1ccc(=O)n2CC. The molecule has 5 nitrogen and oxygen atoms in total. The third-order valence-electron chi connectivity index (χ3n) is 2.92. The molecule has 0 saturated heterocycles. The second-order valence-electron chi connectivity index (χ2n) is 4.16. The minimum atomic E-state index is -0.0248. The average molecular weight is 246 g/mol. The summed E-state index contributed by atoms with van der Waals surface area (Å²) in [6.45, 7) is 5.58. The average Bonchev–Trinajstić information content (AvgIpc) is 2.39. The van der Waals surface area contributed by atoms with E-state index in [-0.39, 0.29) is 5.56 Å². The largest absolute Gasteiger partial charge is 0.369 e. The number of pyridine rings is 1. The van der Waals surface area contributed by atoms with Crippen molar-refractivity contribution in [3.63, 3.8) is 0 Å². The second-order valence-corrected chi connectivity index (χ2v) is 4.16. The molecule has 0 spiro atoms. The fourth-order valence-electron chi connectivity index (χ4n) is 1.93. The lowest BCUT2D eigenvalue weighted by molar-refractivity contribution is 0.748. The molecule has 0 aliphatic rings. The van der Waals surface area contributed by atoms with Crippen LogP contribution < -0.4 is 10.9 Å². The van der Waals surface area contributed by atoms with Gasteiger partial charge in [0.2, 0.25) is 0 Å². The predicted octanol–water partition coefficient (Wildman–Crippen LogP) is 2.02. The van der Waals surface area contributed by atoms with Crippen molar-refractivity contribution in [3.05, 3.63) is 28.8 Å². The number of aryl methyl sites for hydroxylation is 1. The molecule has 5 heteroatoms. The van der Waals surface area contributed by atoms with Crippen LogP contribution in [0.1, 0.15) is 26.7 Å². The monoisotopic (exact) mass is 246 g/mol. The van der Waals surface area contributed by atoms with Crippen molar-refractivity contribution in [1.82, 2.24) is 14.5 Å². The molecule has 0 radical (unpaired) electrons. The van der Waals surface area contributed by atoms with Crippen LogP contribution in [0.15, 0.2) is 23.3 Å². The molecular weight excluding hydrogens is 228 g/mol. The minimum absolute atomic E-state index is 0.0248. The lowest BCUT2D eigenvalue weighted by atomic mass is 10.3. The van der Waals surface area contributed by atoms with Crippen LogP contribution in [0, 0.1) is 0 Å². The second kappa shape index (κ2) is 5.62. The molecule has 0 aromatic carbocycles. The molecule has 0 unspecified atom stereocenters. The van der Waals surface area contributed by atoms with Crippen LogP contribution in [0.25, 0.3) is 11.0 Å². The van der Waals surface area contributed by atoms with Crippen molar-refractivity contribution in [1.29, 1.82) is 0 Å². The maximum atomic E-state index is 11.7. The van der Waals surface area contributed by atoms with Crippen molar-refractivity contribution >= 4 is 16.9 Å². The first-order valence-corrected chi connectivity index (χ1v) is 6.36. The van der Waals surface area contributed by atoms with E-state index >= 15 is 0 Å². The Kier molecular flexibility index (Phi) is 3.92. The van der Waals surface area contributed by atoms with Crippen LogP contribution in [0.5, 0.6) is 0 Å². The van der Waals surface area contributed by atoms with Gasteiger partial charge in [0.1, 0.15) is 17.8 Å². The van der Waals surface area contributed by atoms with E-state index < -0.39 is 0 Å². The Morgan fingerprint density at radius 2 is 2.11 bits per heavy atom.